The van der Waals surface area contributed by atoms with Crippen LogP contribution in [0.25, 0.3) is 0 Å². The van der Waals surface area contributed by atoms with Crippen LogP contribution in [-0.2, 0) is 14.9 Å². The summed E-state index contributed by atoms with van der Waals surface area (Å²) in [6, 6.07) is 7.03. The zero-order chi connectivity index (χ0) is 15.0. The van der Waals surface area contributed by atoms with Crippen molar-refractivity contribution in [1.29, 1.82) is 0 Å². The Morgan fingerprint density at radius 1 is 1.29 bits per heavy atom. The minimum Gasteiger partial charge on any atom is -0.399 e. The average Bonchev–Trinajstić information content (AvgIpc) is 2.45. The number of fused-ring (bicyclic) bond motifs is 1. The first-order valence-corrected chi connectivity index (χ1v) is 8.63. The summed E-state index contributed by atoms with van der Waals surface area (Å²) in [5, 5.41) is 4.01. The molecule has 1 saturated heterocycles. The second-order valence-electron chi connectivity index (χ2n) is 5.80. The van der Waals surface area contributed by atoms with Gasteiger partial charge in [-0.3, -0.25) is 0 Å². The van der Waals surface area contributed by atoms with Crippen molar-refractivity contribution in [2.24, 2.45) is 17.0 Å². The molecule has 0 spiro atoms. The van der Waals surface area contributed by atoms with E-state index in [0.717, 1.165) is 24.1 Å². The van der Waals surface area contributed by atoms with E-state index < -0.39 is 10.0 Å². The fraction of sp³-hybridized carbons (Fsp3) is 0.533. The molecule has 5 nitrogen and oxygen atoms in total. The van der Waals surface area contributed by atoms with Crippen LogP contribution in [0, 0.1) is 18.8 Å². The lowest BCUT2D eigenvalue weighted by molar-refractivity contribution is 0.167. The van der Waals surface area contributed by atoms with Crippen molar-refractivity contribution in [1.82, 2.24) is 4.31 Å². The Labute approximate surface area is 125 Å². The van der Waals surface area contributed by atoms with Gasteiger partial charge in [-0.1, -0.05) is 22.9 Å². The summed E-state index contributed by atoms with van der Waals surface area (Å²) in [4.78, 5) is 5.20. The quantitative estimate of drug-likeness (QED) is 0.803. The van der Waals surface area contributed by atoms with Crippen LogP contribution < -0.4 is 0 Å². The molecule has 1 saturated carbocycles. The van der Waals surface area contributed by atoms with Crippen LogP contribution in [0.5, 0.6) is 0 Å². The minimum atomic E-state index is -3.40. The van der Waals surface area contributed by atoms with Gasteiger partial charge in [0.25, 0.3) is 0 Å². The Hall–Kier alpha value is -1.40. The molecule has 2 unspecified atom stereocenters. The SMILES string of the molecule is CON=C1CC2CCN(S(=O)(=O)c3ccc(C)cc3)CC12. The maximum atomic E-state index is 12.7. The van der Waals surface area contributed by atoms with Crippen LogP contribution in [0.4, 0.5) is 0 Å². The van der Waals surface area contributed by atoms with Gasteiger partial charge in [0.2, 0.25) is 10.0 Å². The molecule has 1 aromatic rings. The van der Waals surface area contributed by atoms with Crippen molar-refractivity contribution >= 4 is 15.7 Å². The molecule has 0 bridgehead atoms. The Morgan fingerprint density at radius 2 is 2.00 bits per heavy atom. The fourth-order valence-electron chi connectivity index (χ4n) is 3.15. The molecule has 1 aromatic carbocycles. The fourth-order valence-corrected chi connectivity index (χ4v) is 4.63. The number of nitrogens with zero attached hydrogens (tertiary/aromatic N) is 2. The van der Waals surface area contributed by atoms with E-state index >= 15 is 0 Å². The summed E-state index contributed by atoms with van der Waals surface area (Å²) in [5.41, 5.74) is 2.05. The van der Waals surface area contributed by atoms with E-state index in [9.17, 15) is 8.42 Å². The number of rotatable bonds is 3. The third-order valence-corrected chi connectivity index (χ3v) is 6.36. The molecule has 21 heavy (non-hydrogen) atoms. The molecular formula is C15H20N2O3S. The molecule has 2 aliphatic rings. The predicted molar refractivity (Wildman–Crippen MR) is 80.6 cm³/mol. The molecule has 6 heteroatoms. The van der Waals surface area contributed by atoms with Crippen molar-refractivity contribution in [2.75, 3.05) is 20.2 Å². The van der Waals surface area contributed by atoms with Gasteiger partial charge in [0, 0.05) is 19.0 Å². The van der Waals surface area contributed by atoms with E-state index in [2.05, 4.69) is 5.16 Å². The molecule has 0 amide bonds. The number of oxime groups is 1. The van der Waals surface area contributed by atoms with Crippen LogP contribution in [0.15, 0.2) is 34.3 Å². The van der Waals surface area contributed by atoms with E-state index in [1.165, 1.54) is 7.11 Å². The Kier molecular flexibility index (Phi) is 3.75. The maximum Gasteiger partial charge on any atom is 0.243 e. The van der Waals surface area contributed by atoms with Gasteiger partial charge >= 0.3 is 0 Å². The molecule has 2 fully saturated rings. The highest BCUT2D eigenvalue weighted by Gasteiger charge is 2.44. The summed E-state index contributed by atoms with van der Waals surface area (Å²) >= 11 is 0. The molecule has 114 valence electrons. The highest BCUT2D eigenvalue weighted by atomic mass is 32.2. The molecule has 0 N–H and O–H groups in total. The van der Waals surface area contributed by atoms with Crippen molar-refractivity contribution in [3.63, 3.8) is 0 Å². The van der Waals surface area contributed by atoms with Gasteiger partial charge in [0.1, 0.15) is 7.11 Å². The molecule has 1 aliphatic carbocycles. The highest BCUT2D eigenvalue weighted by molar-refractivity contribution is 7.89. The second kappa shape index (κ2) is 5.42. The van der Waals surface area contributed by atoms with Crippen molar-refractivity contribution in [2.45, 2.75) is 24.7 Å². The van der Waals surface area contributed by atoms with Gasteiger partial charge in [0.15, 0.2) is 0 Å². The van der Waals surface area contributed by atoms with E-state index in [-0.39, 0.29) is 5.92 Å². The number of piperidine rings is 1. The van der Waals surface area contributed by atoms with Crippen LogP contribution in [-0.4, -0.2) is 38.6 Å². The second-order valence-corrected chi connectivity index (χ2v) is 7.74. The van der Waals surface area contributed by atoms with Gasteiger partial charge in [-0.15, -0.1) is 0 Å². The zero-order valence-corrected chi connectivity index (χ0v) is 13.1. The molecule has 0 radical (unpaired) electrons. The van der Waals surface area contributed by atoms with Gasteiger partial charge < -0.3 is 4.84 Å². The third kappa shape index (κ3) is 2.58. The lowest BCUT2D eigenvalue weighted by Crippen LogP contribution is -2.52. The molecule has 1 aliphatic heterocycles. The number of hydrogen-bond donors (Lipinski definition) is 0. The molecule has 3 rings (SSSR count). The topological polar surface area (TPSA) is 59.0 Å². The smallest absolute Gasteiger partial charge is 0.243 e. The van der Waals surface area contributed by atoms with E-state index in [0.29, 0.717) is 23.9 Å². The Morgan fingerprint density at radius 3 is 2.67 bits per heavy atom. The van der Waals surface area contributed by atoms with Gasteiger partial charge in [-0.05, 0) is 37.8 Å². The zero-order valence-electron chi connectivity index (χ0n) is 12.3. The lowest BCUT2D eigenvalue weighted by Gasteiger charge is -2.45. The number of aryl methyl sites for hydroxylation is 1. The van der Waals surface area contributed by atoms with Crippen LogP contribution in [0.1, 0.15) is 18.4 Å². The maximum absolute atomic E-state index is 12.7. The molecule has 2 atom stereocenters. The van der Waals surface area contributed by atoms with E-state index in [1.54, 1.807) is 16.4 Å². The first-order chi connectivity index (χ1) is 10.0. The summed E-state index contributed by atoms with van der Waals surface area (Å²) in [6.45, 7) is 3.06. The number of hydrogen-bond acceptors (Lipinski definition) is 4. The third-order valence-electron chi connectivity index (χ3n) is 4.49. The highest BCUT2D eigenvalue weighted by Crippen LogP contribution is 2.40. The summed E-state index contributed by atoms with van der Waals surface area (Å²) in [6.07, 6.45) is 1.84. The minimum absolute atomic E-state index is 0.221. The van der Waals surface area contributed by atoms with Crippen LogP contribution >= 0.6 is 0 Å². The van der Waals surface area contributed by atoms with Crippen molar-refractivity contribution in [3.8, 4) is 0 Å². The summed E-state index contributed by atoms with van der Waals surface area (Å²) in [5.74, 6) is 0.780. The Bertz CT molecular complexity index is 652. The van der Waals surface area contributed by atoms with Gasteiger partial charge in [-0.25, -0.2) is 8.42 Å². The first kappa shape index (κ1) is 14.5. The molecule has 0 aromatic heterocycles. The number of sulfonamides is 1. The summed E-state index contributed by atoms with van der Waals surface area (Å²) in [7, 11) is -1.87. The predicted octanol–water partition coefficient (Wildman–Crippen LogP) is 2.03. The number of benzene rings is 1. The van der Waals surface area contributed by atoms with Crippen molar-refractivity contribution in [3.05, 3.63) is 29.8 Å². The lowest BCUT2D eigenvalue weighted by atomic mass is 9.68. The van der Waals surface area contributed by atoms with E-state index in [1.807, 2.05) is 19.1 Å². The van der Waals surface area contributed by atoms with Crippen molar-refractivity contribution < 1.29 is 13.3 Å². The van der Waals surface area contributed by atoms with Crippen LogP contribution in [0.2, 0.25) is 0 Å². The monoisotopic (exact) mass is 308 g/mol. The molecular weight excluding hydrogens is 288 g/mol. The Balaban J connectivity index is 1.80. The normalized spacial score (nSPS) is 28.0. The van der Waals surface area contributed by atoms with Gasteiger partial charge in [-0.2, -0.15) is 4.31 Å². The largest absolute Gasteiger partial charge is 0.399 e. The first-order valence-electron chi connectivity index (χ1n) is 7.19. The standard InChI is InChI=1S/C15H20N2O3S/c1-11-3-5-13(6-4-11)21(18,19)17-8-7-12-9-15(16-20-2)14(12)10-17/h3-6,12,14H,7-10H2,1-2H3. The summed E-state index contributed by atoms with van der Waals surface area (Å²) < 4.78 is 27.0. The van der Waals surface area contributed by atoms with Crippen LogP contribution in [0.3, 0.4) is 0 Å². The average molecular weight is 308 g/mol. The van der Waals surface area contributed by atoms with E-state index in [4.69, 9.17) is 4.84 Å². The van der Waals surface area contributed by atoms with Gasteiger partial charge in [0.05, 0.1) is 10.6 Å². The molecule has 1 heterocycles.